The SMILES string of the molecule is CC(C)(C)c1ccc(C(C)(C)C)c(C2Nc3cccc4cccc(c34)N2)c1O. The van der Waals surface area contributed by atoms with E-state index in [2.05, 4.69) is 101 Å². The van der Waals surface area contributed by atoms with Crippen molar-refractivity contribution in [1.29, 1.82) is 0 Å². The number of aromatic hydroxyl groups is 1. The molecule has 0 radical (unpaired) electrons. The first-order valence-electron chi connectivity index (χ1n) is 9.99. The highest BCUT2D eigenvalue weighted by molar-refractivity contribution is 6.04. The number of benzene rings is 3. The maximum atomic E-state index is 11.4. The Morgan fingerprint density at radius 1 is 0.714 bits per heavy atom. The normalized spacial score (nSPS) is 14.6. The van der Waals surface area contributed by atoms with Gasteiger partial charge in [-0.2, -0.15) is 0 Å². The Morgan fingerprint density at radius 3 is 1.71 bits per heavy atom. The highest BCUT2D eigenvalue weighted by Gasteiger charge is 2.32. The standard InChI is InChI=1S/C25H30N2O/c1-24(2,3)16-13-14-17(25(4,5)6)22(28)21(16)23-26-18-11-7-9-15-10-8-12-19(27-23)20(15)18/h7-14,23,26-28H,1-6H3. The van der Waals surface area contributed by atoms with E-state index in [1.54, 1.807) is 0 Å². The van der Waals surface area contributed by atoms with Gasteiger partial charge in [0, 0.05) is 22.3 Å². The van der Waals surface area contributed by atoms with E-state index in [0.717, 1.165) is 28.1 Å². The minimum atomic E-state index is -0.197. The van der Waals surface area contributed by atoms with Gasteiger partial charge in [0.1, 0.15) is 11.9 Å². The molecule has 0 saturated carbocycles. The molecular weight excluding hydrogens is 344 g/mol. The van der Waals surface area contributed by atoms with Crippen LogP contribution in [0.25, 0.3) is 10.8 Å². The number of anilines is 2. The zero-order valence-corrected chi connectivity index (χ0v) is 17.6. The fourth-order valence-electron chi connectivity index (χ4n) is 4.23. The van der Waals surface area contributed by atoms with Crippen LogP contribution in [0.15, 0.2) is 48.5 Å². The molecule has 0 amide bonds. The van der Waals surface area contributed by atoms with E-state index < -0.39 is 0 Å². The second-order valence-electron chi connectivity index (χ2n) is 9.85. The fourth-order valence-corrected chi connectivity index (χ4v) is 4.23. The van der Waals surface area contributed by atoms with Crippen molar-refractivity contribution in [2.45, 2.75) is 58.5 Å². The molecule has 0 saturated heterocycles. The van der Waals surface area contributed by atoms with Gasteiger partial charge in [-0.05, 0) is 39.5 Å². The fraction of sp³-hybridized carbons (Fsp3) is 0.360. The Balaban J connectivity index is 1.92. The lowest BCUT2D eigenvalue weighted by Crippen LogP contribution is -2.28. The van der Waals surface area contributed by atoms with Crippen molar-refractivity contribution >= 4 is 22.1 Å². The maximum absolute atomic E-state index is 11.4. The highest BCUT2D eigenvalue weighted by Crippen LogP contribution is 2.46. The first-order valence-corrected chi connectivity index (χ1v) is 9.99. The van der Waals surface area contributed by atoms with Crippen LogP contribution in [0.5, 0.6) is 5.75 Å². The molecule has 3 N–H and O–H groups in total. The summed E-state index contributed by atoms with van der Waals surface area (Å²) in [4.78, 5) is 0. The lowest BCUT2D eigenvalue weighted by Gasteiger charge is -2.35. The van der Waals surface area contributed by atoms with Crippen LogP contribution in [-0.4, -0.2) is 5.11 Å². The molecule has 146 valence electrons. The molecule has 0 unspecified atom stereocenters. The summed E-state index contributed by atoms with van der Waals surface area (Å²) in [5, 5.41) is 21.1. The number of phenols is 1. The molecule has 3 nitrogen and oxygen atoms in total. The zero-order chi connectivity index (χ0) is 20.3. The molecule has 4 rings (SSSR count). The van der Waals surface area contributed by atoms with Gasteiger partial charge in [-0.15, -0.1) is 0 Å². The summed E-state index contributed by atoms with van der Waals surface area (Å²) in [7, 11) is 0. The second-order valence-corrected chi connectivity index (χ2v) is 9.85. The van der Waals surface area contributed by atoms with Gasteiger partial charge in [0.2, 0.25) is 0 Å². The number of phenolic OH excluding ortho intramolecular Hbond substituents is 1. The van der Waals surface area contributed by atoms with Crippen molar-refractivity contribution in [3.63, 3.8) is 0 Å². The quantitative estimate of drug-likeness (QED) is 0.445. The third-order valence-corrected chi connectivity index (χ3v) is 5.63. The smallest absolute Gasteiger partial charge is 0.127 e. The monoisotopic (exact) mass is 374 g/mol. The Bertz CT molecular complexity index is 1010. The predicted octanol–water partition coefficient (Wildman–Crippen LogP) is 6.68. The minimum absolute atomic E-state index is 0.0877. The number of hydrogen-bond acceptors (Lipinski definition) is 3. The van der Waals surface area contributed by atoms with Crippen LogP contribution in [0.4, 0.5) is 11.4 Å². The van der Waals surface area contributed by atoms with Gasteiger partial charge in [-0.3, -0.25) is 0 Å². The molecule has 28 heavy (non-hydrogen) atoms. The molecular formula is C25H30N2O. The van der Waals surface area contributed by atoms with Gasteiger partial charge in [0.15, 0.2) is 0 Å². The van der Waals surface area contributed by atoms with Crippen LogP contribution >= 0.6 is 0 Å². The average molecular weight is 375 g/mol. The molecule has 3 aromatic rings. The summed E-state index contributed by atoms with van der Waals surface area (Å²) in [5.41, 5.74) is 5.02. The number of rotatable bonds is 1. The van der Waals surface area contributed by atoms with Gasteiger partial charge in [-0.1, -0.05) is 77.9 Å². The Morgan fingerprint density at radius 2 is 1.21 bits per heavy atom. The molecule has 0 aliphatic carbocycles. The average Bonchev–Trinajstić information content (AvgIpc) is 2.60. The summed E-state index contributed by atoms with van der Waals surface area (Å²) in [6.45, 7) is 13.0. The third kappa shape index (κ3) is 2.99. The van der Waals surface area contributed by atoms with Crippen molar-refractivity contribution in [2.75, 3.05) is 10.6 Å². The van der Waals surface area contributed by atoms with Gasteiger partial charge in [0.05, 0.1) is 0 Å². The van der Waals surface area contributed by atoms with E-state index in [4.69, 9.17) is 0 Å². The molecule has 1 aliphatic heterocycles. The Labute approximate surface area is 167 Å². The topological polar surface area (TPSA) is 44.3 Å². The summed E-state index contributed by atoms with van der Waals surface area (Å²) in [6.07, 6.45) is -0.197. The van der Waals surface area contributed by atoms with Gasteiger partial charge in [0.25, 0.3) is 0 Å². The van der Waals surface area contributed by atoms with Crippen molar-refractivity contribution in [2.24, 2.45) is 0 Å². The largest absolute Gasteiger partial charge is 0.507 e. The van der Waals surface area contributed by atoms with Crippen molar-refractivity contribution in [3.05, 3.63) is 65.2 Å². The van der Waals surface area contributed by atoms with E-state index in [-0.39, 0.29) is 17.0 Å². The number of hydrogen-bond donors (Lipinski definition) is 3. The molecule has 0 bridgehead atoms. The van der Waals surface area contributed by atoms with Crippen LogP contribution in [-0.2, 0) is 10.8 Å². The molecule has 3 aromatic carbocycles. The van der Waals surface area contributed by atoms with Crippen molar-refractivity contribution < 1.29 is 5.11 Å². The lowest BCUT2D eigenvalue weighted by atomic mass is 9.77. The second kappa shape index (κ2) is 6.16. The molecule has 0 spiro atoms. The highest BCUT2D eigenvalue weighted by atomic mass is 16.3. The van der Waals surface area contributed by atoms with Gasteiger partial charge < -0.3 is 15.7 Å². The number of nitrogens with one attached hydrogen (secondary N) is 2. The molecule has 1 aliphatic rings. The Kier molecular flexibility index (Phi) is 4.11. The predicted molar refractivity (Wildman–Crippen MR) is 119 cm³/mol. The van der Waals surface area contributed by atoms with E-state index in [0.29, 0.717) is 5.75 Å². The Hall–Kier alpha value is -2.68. The summed E-state index contributed by atoms with van der Waals surface area (Å²) >= 11 is 0. The zero-order valence-electron chi connectivity index (χ0n) is 17.6. The molecule has 1 heterocycles. The van der Waals surface area contributed by atoms with E-state index in [1.807, 2.05) is 0 Å². The van der Waals surface area contributed by atoms with Gasteiger partial charge in [-0.25, -0.2) is 0 Å². The summed E-state index contributed by atoms with van der Waals surface area (Å²) in [6, 6.07) is 16.9. The molecule has 0 atom stereocenters. The first kappa shape index (κ1) is 18.7. The van der Waals surface area contributed by atoms with E-state index in [1.165, 1.54) is 10.8 Å². The van der Waals surface area contributed by atoms with E-state index in [9.17, 15) is 5.11 Å². The van der Waals surface area contributed by atoms with Crippen molar-refractivity contribution in [3.8, 4) is 5.75 Å². The van der Waals surface area contributed by atoms with Crippen LogP contribution in [0.2, 0.25) is 0 Å². The van der Waals surface area contributed by atoms with Crippen LogP contribution in [0, 0.1) is 0 Å². The van der Waals surface area contributed by atoms with Crippen molar-refractivity contribution in [1.82, 2.24) is 0 Å². The minimum Gasteiger partial charge on any atom is -0.507 e. The summed E-state index contributed by atoms with van der Waals surface area (Å²) < 4.78 is 0. The maximum Gasteiger partial charge on any atom is 0.127 e. The third-order valence-electron chi connectivity index (χ3n) is 5.63. The first-order chi connectivity index (χ1) is 13.1. The van der Waals surface area contributed by atoms with Crippen LogP contribution < -0.4 is 10.6 Å². The van der Waals surface area contributed by atoms with E-state index >= 15 is 0 Å². The van der Waals surface area contributed by atoms with Crippen LogP contribution in [0.3, 0.4) is 0 Å². The van der Waals surface area contributed by atoms with Crippen LogP contribution in [0.1, 0.15) is 64.4 Å². The molecule has 0 aromatic heterocycles. The lowest BCUT2D eigenvalue weighted by molar-refractivity contribution is 0.432. The van der Waals surface area contributed by atoms with Gasteiger partial charge >= 0.3 is 0 Å². The summed E-state index contributed by atoms with van der Waals surface area (Å²) in [5.74, 6) is 0.386. The molecule has 0 fully saturated rings. The molecule has 3 heteroatoms.